The van der Waals surface area contributed by atoms with Crippen molar-refractivity contribution >= 4 is 11.9 Å². The minimum atomic E-state index is -0.892. The summed E-state index contributed by atoms with van der Waals surface area (Å²) in [6.45, 7) is 5.16. The van der Waals surface area contributed by atoms with Crippen LogP contribution < -0.4 is 14.2 Å². The van der Waals surface area contributed by atoms with Gasteiger partial charge in [0.15, 0.2) is 11.5 Å². The number of carbonyl (C=O) groups is 2. The highest BCUT2D eigenvalue weighted by Gasteiger charge is 2.47. The molecule has 2 aromatic rings. The number of aliphatic carboxylic acids is 1. The number of methoxy groups -OCH3 is 1. The van der Waals surface area contributed by atoms with Crippen molar-refractivity contribution in [3.63, 3.8) is 0 Å². The molecule has 1 aromatic carbocycles. The number of carbonyl (C=O) groups excluding carboxylic acids is 1. The second-order valence-electron chi connectivity index (χ2n) is 12.2. The Morgan fingerprint density at radius 2 is 1.88 bits per heavy atom. The lowest BCUT2D eigenvalue weighted by atomic mass is 9.83. The number of unbranched alkanes of at least 4 members (excludes halogenated alkanes) is 1. The first-order valence-electron chi connectivity index (χ1n) is 14.9. The van der Waals surface area contributed by atoms with Gasteiger partial charge in [-0.3, -0.25) is 14.5 Å². The predicted molar refractivity (Wildman–Crippen MR) is 158 cm³/mol. The molecule has 0 radical (unpaired) electrons. The Morgan fingerprint density at radius 1 is 1.14 bits per heavy atom. The highest BCUT2D eigenvalue weighted by molar-refractivity contribution is 5.79. The van der Waals surface area contributed by atoms with Crippen LogP contribution in [0.15, 0.2) is 30.6 Å². The van der Waals surface area contributed by atoms with E-state index in [9.17, 15) is 14.7 Å². The van der Waals surface area contributed by atoms with Gasteiger partial charge in [0.1, 0.15) is 5.82 Å². The van der Waals surface area contributed by atoms with Crippen molar-refractivity contribution < 1.29 is 33.4 Å². The molecule has 230 valence electrons. The average molecular weight is 585 g/mol. The van der Waals surface area contributed by atoms with E-state index in [1.54, 1.807) is 25.6 Å². The van der Waals surface area contributed by atoms with Gasteiger partial charge in [-0.15, -0.1) is 0 Å². The van der Waals surface area contributed by atoms with Gasteiger partial charge < -0.3 is 28.7 Å². The molecular formula is C31H46N5O6+. The fraction of sp³-hybridized carbons (Fsp3) is 0.613. The van der Waals surface area contributed by atoms with Crippen LogP contribution in [0, 0.1) is 5.92 Å². The second kappa shape index (κ2) is 14.2. The first-order chi connectivity index (χ1) is 20.1. The lowest BCUT2D eigenvalue weighted by Crippen LogP contribution is -2.45. The van der Waals surface area contributed by atoms with Crippen molar-refractivity contribution in [2.75, 3.05) is 67.8 Å². The van der Waals surface area contributed by atoms with Crippen molar-refractivity contribution in [1.82, 2.24) is 19.8 Å². The molecule has 2 aliphatic rings. The smallest absolute Gasteiger partial charge is 0.308 e. The Morgan fingerprint density at radius 3 is 2.55 bits per heavy atom. The van der Waals surface area contributed by atoms with Crippen molar-refractivity contribution in [1.29, 1.82) is 0 Å². The summed E-state index contributed by atoms with van der Waals surface area (Å²) in [5, 5.41) is 10.6. The summed E-state index contributed by atoms with van der Waals surface area (Å²) < 4.78 is 17.6. The van der Waals surface area contributed by atoms with Gasteiger partial charge >= 0.3 is 5.97 Å². The molecule has 0 saturated carbocycles. The van der Waals surface area contributed by atoms with Crippen LogP contribution in [0.4, 0.5) is 0 Å². The Hall–Kier alpha value is -3.44. The number of likely N-dealkylation sites (tertiary alicyclic amines) is 1. The molecule has 3 unspecified atom stereocenters. The molecule has 4 rings (SSSR count). The number of quaternary nitrogens is 1. The van der Waals surface area contributed by atoms with Gasteiger partial charge in [0.25, 0.3) is 0 Å². The van der Waals surface area contributed by atoms with Crippen molar-refractivity contribution in [3.8, 4) is 17.2 Å². The number of aryl methyl sites for hydroxylation is 1. The highest BCUT2D eigenvalue weighted by atomic mass is 16.7. The normalized spacial score (nSPS) is 20.1. The Kier molecular flexibility index (Phi) is 10.6. The molecule has 1 fully saturated rings. The van der Waals surface area contributed by atoms with E-state index in [4.69, 9.17) is 14.2 Å². The molecule has 11 nitrogen and oxygen atoms in total. The van der Waals surface area contributed by atoms with E-state index in [1.807, 2.05) is 17.0 Å². The van der Waals surface area contributed by atoms with Gasteiger partial charge in [-0.1, -0.05) is 13.3 Å². The zero-order chi connectivity index (χ0) is 30.3. The third-order valence-corrected chi connectivity index (χ3v) is 8.15. The number of hydrogen-bond acceptors (Lipinski definition) is 8. The van der Waals surface area contributed by atoms with Crippen LogP contribution in [0.2, 0.25) is 0 Å². The molecule has 1 aromatic heterocycles. The molecule has 42 heavy (non-hydrogen) atoms. The Labute approximate surface area is 249 Å². The lowest BCUT2D eigenvalue weighted by Gasteiger charge is -2.30. The van der Waals surface area contributed by atoms with Crippen LogP contribution in [-0.2, 0) is 16.0 Å². The largest absolute Gasteiger partial charge is 0.493 e. The second-order valence-corrected chi connectivity index (χ2v) is 12.2. The summed E-state index contributed by atoms with van der Waals surface area (Å²) in [5.41, 5.74) is 0.796. The number of fused-ring (bicyclic) bond motifs is 1. The SMILES string of the molecule is CCCCN(CCC[N+](C)(C)C)C(=O)CN1CC(c2cc(OC)c3c(c2)OCO3)C(C(=O)O)C1CCc1ncccn1. The van der Waals surface area contributed by atoms with E-state index in [0.29, 0.717) is 55.5 Å². The van der Waals surface area contributed by atoms with Gasteiger partial charge in [0, 0.05) is 56.8 Å². The number of benzene rings is 1. The Balaban J connectivity index is 1.61. The lowest BCUT2D eigenvalue weighted by molar-refractivity contribution is -0.870. The van der Waals surface area contributed by atoms with E-state index in [2.05, 4.69) is 42.9 Å². The fourth-order valence-corrected chi connectivity index (χ4v) is 6.01. The molecule has 1 saturated heterocycles. The van der Waals surface area contributed by atoms with Crippen molar-refractivity contribution in [2.45, 2.75) is 51.0 Å². The summed E-state index contributed by atoms with van der Waals surface area (Å²) in [7, 11) is 8.02. The summed E-state index contributed by atoms with van der Waals surface area (Å²) in [5.74, 6) is 0.269. The van der Waals surface area contributed by atoms with Crippen LogP contribution >= 0.6 is 0 Å². The first-order valence-corrected chi connectivity index (χ1v) is 14.9. The summed E-state index contributed by atoms with van der Waals surface area (Å²) in [4.78, 5) is 39.4. The maximum Gasteiger partial charge on any atom is 0.308 e. The van der Waals surface area contributed by atoms with Crippen molar-refractivity contribution in [2.24, 2.45) is 5.92 Å². The standard InChI is InChI=1S/C31H45N5O6/c1-6-7-14-34(15-9-16-36(2,3)4)28(37)20-35-19-23(22-17-25(40-5)30-26(18-22)41-21-42-30)29(31(38)39)24(35)10-11-27-32-12-8-13-33-27/h8,12-13,17-18,23-24,29H,6-7,9-11,14-16,19-21H2,1-5H3/p+1. The number of carboxylic acids is 1. The number of nitrogens with zero attached hydrogens (tertiary/aromatic N) is 5. The van der Waals surface area contributed by atoms with Crippen molar-refractivity contribution in [3.05, 3.63) is 42.0 Å². The van der Waals surface area contributed by atoms with Crippen LogP contribution in [0.3, 0.4) is 0 Å². The minimum absolute atomic E-state index is 0.0406. The average Bonchev–Trinajstić information content (AvgIpc) is 3.58. The number of carboxylic acid groups (broad SMARTS) is 1. The van der Waals surface area contributed by atoms with Gasteiger partial charge in [-0.2, -0.15) is 0 Å². The van der Waals surface area contributed by atoms with E-state index in [1.165, 1.54) is 0 Å². The van der Waals surface area contributed by atoms with Gasteiger partial charge in [-0.25, -0.2) is 9.97 Å². The monoisotopic (exact) mass is 584 g/mol. The molecule has 3 atom stereocenters. The van der Waals surface area contributed by atoms with Gasteiger partial charge in [0.05, 0.1) is 47.3 Å². The first kappa shape index (κ1) is 31.5. The summed E-state index contributed by atoms with van der Waals surface area (Å²) in [6.07, 6.45) is 7.25. The number of rotatable bonds is 15. The predicted octanol–water partition coefficient (Wildman–Crippen LogP) is 3.04. The maximum absolute atomic E-state index is 13.8. The molecule has 0 spiro atoms. The maximum atomic E-state index is 13.8. The van der Waals surface area contributed by atoms with Crippen LogP contribution in [-0.4, -0.2) is 115 Å². The van der Waals surface area contributed by atoms with Gasteiger partial charge in [-0.05, 0) is 36.6 Å². The minimum Gasteiger partial charge on any atom is -0.493 e. The van der Waals surface area contributed by atoms with Gasteiger partial charge in [0.2, 0.25) is 18.4 Å². The molecule has 3 heterocycles. The summed E-state index contributed by atoms with van der Waals surface area (Å²) >= 11 is 0. The number of aromatic nitrogens is 2. The zero-order valence-corrected chi connectivity index (χ0v) is 25.6. The van der Waals surface area contributed by atoms with E-state index >= 15 is 0 Å². The third-order valence-electron chi connectivity index (χ3n) is 8.15. The summed E-state index contributed by atoms with van der Waals surface area (Å²) in [6, 6.07) is 5.08. The third kappa shape index (κ3) is 7.89. The molecule has 1 amide bonds. The molecule has 0 aliphatic carbocycles. The zero-order valence-electron chi connectivity index (χ0n) is 25.6. The molecule has 2 aliphatic heterocycles. The highest BCUT2D eigenvalue weighted by Crippen LogP contribution is 2.47. The van der Waals surface area contributed by atoms with E-state index in [-0.39, 0.29) is 31.2 Å². The molecule has 0 bridgehead atoms. The van der Waals surface area contributed by atoms with E-state index < -0.39 is 11.9 Å². The molecule has 11 heteroatoms. The Bertz CT molecular complexity index is 1200. The number of hydrogen-bond donors (Lipinski definition) is 1. The number of amides is 1. The molecular weight excluding hydrogens is 538 g/mol. The fourth-order valence-electron chi connectivity index (χ4n) is 6.01. The van der Waals surface area contributed by atoms with Crippen LogP contribution in [0.25, 0.3) is 0 Å². The quantitative estimate of drug-likeness (QED) is 0.316. The van der Waals surface area contributed by atoms with Crippen LogP contribution in [0.1, 0.15) is 49.9 Å². The topological polar surface area (TPSA) is 114 Å². The number of ether oxygens (including phenoxy) is 3. The molecule has 1 N–H and O–H groups in total. The van der Waals surface area contributed by atoms with Crippen LogP contribution in [0.5, 0.6) is 17.2 Å². The van der Waals surface area contributed by atoms with E-state index in [0.717, 1.165) is 35.9 Å².